The number of aromatic nitrogens is 4. The van der Waals surface area contributed by atoms with E-state index in [9.17, 15) is 9.59 Å². The number of pyridine rings is 1. The summed E-state index contributed by atoms with van der Waals surface area (Å²) in [5.74, 6) is -0.00399. The van der Waals surface area contributed by atoms with Crippen molar-refractivity contribution in [1.29, 1.82) is 0 Å². The molecule has 0 aliphatic carbocycles. The third-order valence-electron chi connectivity index (χ3n) is 5.96. The molecule has 3 aromatic heterocycles. The van der Waals surface area contributed by atoms with E-state index in [1.165, 1.54) is 6.33 Å². The molecule has 0 radical (unpaired) electrons. The molecule has 0 bridgehead atoms. The van der Waals surface area contributed by atoms with Gasteiger partial charge >= 0.3 is 0 Å². The average molecular weight is 415 g/mol. The SMILES string of the molecule is Cc1cc(C)c(CCC(=O)c2c(C)n(C(C)c3ccccc3)c3ncncc23)c(=O)[nH]1. The molecule has 0 saturated heterocycles. The minimum Gasteiger partial charge on any atom is -0.326 e. The van der Waals surface area contributed by atoms with Crippen molar-refractivity contribution >= 4 is 16.8 Å². The predicted octanol–water partition coefficient (Wildman–Crippen LogP) is 4.47. The van der Waals surface area contributed by atoms with Gasteiger partial charge in [0.25, 0.3) is 5.56 Å². The summed E-state index contributed by atoms with van der Waals surface area (Å²) >= 11 is 0. The van der Waals surface area contributed by atoms with Gasteiger partial charge in [0.15, 0.2) is 5.78 Å². The number of fused-ring (bicyclic) bond motifs is 1. The molecule has 1 aromatic carbocycles. The number of benzene rings is 1. The second-order valence-corrected chi connectivity index (χ2v) is 8.04. The van der Waals surface area contributed by atoms with Crippen molar-refractivity contribution in [2.24, 2.45) is 0 Å². The number of carbonyl (C=O) groups is 1. The first kappa shape index (κ1) is 20.7. The van der Waals surface area contributed by atoms with E-state index < -0.39 is 0 Å². The number of Topliss-reactive ketones (excluding diaryl/α,β-unsaturated/α-hetero) is 1. The number of rotatable bonds is 6. The molecule has 1 atom stereocenters. The smallest absolute Gasteiger partial charge is 0.251 e. The Balaban J connectivity index is 1.72. The number of ketones is 1. The lowest BCUT2D eigenvalue weighted by atomic mass is 9.99. The zero-order valence-corrected chi connectivity index (χ0v) is 18.3. The molecule has 31 heavy (non-hydrogen) atoms. The van der Waals surface area contributed by atoms with Crippen LogP contribution in [0.25, 0.3) is 11.0 Å². The number of hydrogen-bond donors (Lipinski definition) is 1. The van der Waals surface area contributed by atoms with Crippen molar-refractivity contribution in [1.82, 2.24) is 19.5 Å². The van der Waals surface area contributed by atoms with E-state index in [-0.39, 0.29) is 23.8 Å². The van der Waals surface area contributed by atoms with E-state index in [0.29, 0.717) is 17.5 Å². The van der Waals surface area contributed by atoms with E-state index in [1.54, 1.807) is 6.20 Å². The highest BCUT2D eigenvalue weighted by atomic mass is 16.1. The summed E-state index contributed by atoms with van der Waals surface area (Å²) in [4.78, 5) is 37.2. The van der Waals surface area contributed by atoms with E-state index in [0.717, 1.165) is 33.5 Å². The van der Waals surface area contributed by atoms with Gasteiger partial charge in [0.2, 0.25) is 0 Å². The van der Waals surface area contributed by atoms with Crippen LogP contribution in [0, 0.1) is 20.8 Å². The molecule has 0 amide bonds. The van der Waals surface area contributed by atoms with Gasteiger partial charge in [0.05, 0.1) is 6.04 Å². The summed E-state index contributed by atoms with van der Waals surface area (Å²) in [5, 5.41) is 0.752. The third-order valence-corrected chi connectivity index (χ3v) is 5.96. The molecule has 0 spiro atoms. The van der Waals surface area contributed by atoms with Crippen LogP contribution in [0.4, 0.5) is 0 Å². The van der Waals surface area contributed by atoms with E-state index in [2.05, 4.69) is 38.6 Å². The first-order valence-electron chi connectivity index (χ1n) is 10.5. The second kappa shape index (κ2) is 8.30. The van der Waals surface area contributed by atoms with Gasteiger partial charge in [-0.25, -0.2) is 9.97 Å². The molecule has 6 nitrogen and oxygen atoms in total. The van der Waals surface area contributed by atoms with E-state index in [1.807, 2.05) is 45.0 Å². The number of H-pyrrole nitrogens is 1. The molecular formula is C25H26N4O2. The summed E-state index contributed by atoms with van der Waals surface area (Å²) in [7, 11) is 0. The molecule has 1 N–H and O–H groups in total. The first-order chi connectivity index (χ1) is 14.9. The van der Waals surface area contributed by atoms with Crippen molar-refractivity contribution in [3.63, 3.8) is 0 Å². The summed E-state index contributed by atoms with van der Waals surface area (Å²) in [5.41, 5.74) is 5.67. The lowest BCUT2D eigenvalue weighted by molar-refractivity contribution is 0.0983. The van der Waals surface area contributed by atoms with Crippen molar-refractivity contribution in [3.05, 3.63) is 92.9 Å². The molecule has 0 aliphatic heterocycles. The lowest BCUT2D eigenvalue weighted by Crippen LogP contribution is -2.17. The fourth-order valence-corrected chi connectivity index (χ4v) is 4.43. The summed E-state index contributed by atoms with van der Waals surface area (Å²) in [6.07, 6.45) is 3.87. The Labute approximate surface area is 181 Å². The van der Waals surface area contributed by atoms with Crippen molar-refractivity contribution < 1.29 is 4.79 Å². The van der Waals surface area contributed by atoms with Gasteiger partial charge in [-0.1, -0.05) is 30.3 Å². The zero-order valence-electron chi connectivity index (χ0n) is 18.3. The van der Waals surface area contributed by atoms with Crippen LogP contribution in [0.2, 0.25) is 0 Å². The van der Waals surface area contributed by atoms with Crippen LogP contribution < -0.4 is 5.56 Å². The molecule has 4 aromatic rings. The fraction of sp³-hybridized carbons (Fsp3) is 0.280. The van der Waals surface area contributed by atoms with Crippen molar-refractivity contribution in [2.45, 2.75) is 46.6 Å². The van der Waals surface area contributed by atoms with Crippen LogP contribution in [0.15, 0.2) is 53.7 Å². The number of carbonyl (C=O) groups excluding carboxylic acids is 1. The molecule has 6 heteroatoms. The standard InChI is InChI=1S/C25H26N4O2/c1-15-12-16(2)28-25(31)20(15)10-11-22(30)23-18(4)29(24-21(23)13-26-14-27-24)17(3)19-8-6-5-7-9-19/h5-9,12-14,17H,10-11H2,1-4H3,(H,28,31). The summed E-state index contributed by atoms with van der Waals surface area (Å²) < 4.78 is 2.10. The van der Waals surface area contributed by atoms with Gasteiger partial charge in [-0.2, -0.15) is 0 Å². The second-order valence-electron chi connectivity index (χ2n) is 8.04. The van der Waals surface area contributed by atoms with E-state index >= 15 is 0 Å². The highest BCUT2D eigenvalue weighted by Crippen LogP contribution is 2.31. The van der Waals surface area contributed by atoms with Crippen LogP contribution in [0.1, 0.15) is 57.8 Å². The number of nitrogens with zero attached hydrogens (tertiary/aromatic N) is 3. The molecule has 3 heterocycles. The van der Waals surface area contributed by atoms with Gasteiger partial charge in [-0.15, -0.1) is 0 Å². The minimum absolute atomic E-state index is 0.00399. The number of aryl methyl sites for hydroxylation is 2. The van der Waals surface area contributed by atoms with Crippen molar-refractivity contribution in [3.8, 4) is 0 Å². The predicted molar refractivity (Wildman–Crippen MR) is 122 cm³/mol. The molecule has 1 unspecified atom stereocenters. The maximum atomic E-state index is 13.3. The Morgan fingerprint density at radius 1 is 1.16 bits per heavy atom. The van der Waals surface area contributed by atoms with Gasteiger partial charge in [0, 0.05) is 40.5 Å². The van der Waals surface area contributed by atoms with Crippen LogP contribution in [-0.4, -0.2) is 25.3 Å². The quantitative estimate of drug-likeness (QED) is 0.472. The summed E-state index contributed by atoms with van der Waals surface area (Å²) in [6.45, 7) is 7.83. The topological polar surface area (TPSA) is 80.6 Å². The van der Waals surface area contributed by atoms with Gasteiger partial charge < -0.3 is 9.55 Å². The van der Waals surface area contributed by atoms with Crippen molar-refractivity contribution in [2.75, 3.05) is 0 Å². The Kier molecular flexibility index (Phi) is 5.55. The third kappa shape index (κ3) is 3.81. The largest absolute Gasteiger partial charge is 0.326 e. The Morgan fingerprint density at radius 3 is 2.61 bits per heavy atom. The average Bonchev–Trinajstić information content (AvgIpc) is 3.04. The molecule has 0 aliphatic rings. The minimum atomic E-state index is -0.120. The van der Waals surface area contributed by atoms with Crippen LogP contribution >= 0.6 is 0 Å². The summed E-state index contributed by atoms with van der Waals surface area (Å²) in [6, 6.07) is 12.1. The number of hydrogen-bond acceptors (Lipinski definition) is 4. The molecule has 0 saturated carbocycles. The van der Waals surface area contributed by atoms with Gasteiger partial charge in [-0.05, 0) is 51.3 Å². The van der Waals surface area contributed by atoms with Crippen LogP contribution in [0.5, 0.6) is 0 Å². The Morgan fingerprint density at radius 2 is 1.90 bits per heavy atom. The monoisotopic (exact) mass is 414 g/mol. The highest BCUT2D eigenvalue weighted by molar-refractivity contribution is 6.08. The van der Waals surface area contributed by atoms with Crippen LogP contribution in [-0.2, 0) is 6.42 Å². The number of nitrogens with one attached hydrogen (secondary N) is 1. The highest BCUT2D eigenvalue weighted by Gasteiger charge is 2.24. The molecule has 4 rings (SSSR count). The van der Waals surface area contributed by atoms with Gasteiger partial charge in [-0.3, -0.25) is 9.59 Å². The maximum absolute atomic E-state index is 13.3. The Bertz CT molecular complexity index is 1320. The zero-order chi connectivity index (χ0) is 22.1. The number of aromatic amines is 1. The normalized spacial score (nSPS) is 12.3. The first-order valence-corrected chi connectivity index (χ1v) is 10.5. The van der Waals surface area contributed by atoms with E-state index in [4.69, 9.17) is 0 Å². The lowest BCUT2D eigenvalue weighted by Gasteiger charge is -2.17. The van der Waals surface area contributed by atoms with Crippen LogP contribution in [0.3, 0.4) is 0 Å². The Hall–Kier alpha value is -3.54. The van der Waals surface area contributed by atoms with Gasteiger partial charge in [0.1, 0.15) is 12.0 Å². The molecule has 158 valence electrons. The fourth-order valence-electron chi connectivity index (χ4n) is 4.43. The molecule has 0 fully saturated rings. The maximum Gasteiger partial charge on any atom is 0.251 e. The molecular weight excluding hydrogens is 388 g/mol.